The predicted molar refractivity (Wildman–Crippen MR) is 86.5 cm³/mol. The molecule has 0 fully saturated rings. The largest absolute Gasteiger partial charge is 0.491 e. The number of ether oxygens (including phenoxy) is 1. The summed E-state index contributed by atoms with van der Waals surface area (Å²) in [4.78, 5) is 17.1. The number of fused-ring (bicyclic) bond motifs is 1. The first-order valence-electron chi connectivity index (χ1n) is 6.91. The second kappa shape index (κ2) is 6.60. The normalized spacial score (nSPS) is 12.0. The maximum atomic E-state index is 12.2. The second-order valence-electron chi connectivity index (χ2n) is 4.94. The number of thiophene rings is 1. The van der Waals surface area contributed by atoms with Gasteiger partial charge in [0.1, 0.15) is 23.3 Å². The highest BCUT2D eigenvalue weighted by atomic mass is 32.1. The minimum absolute atomic E-state index is 0.0417. The van der Waals surface area contributed by atoms with Crippen molar-refractivity contribution in [3.05, 3.63) is 58.0 Å². The Bertz CT molecular complexity index is 909. The Kier molecular flexibility index (Phi) is 4.37. The van der Waals surface area contributed by atoms with Crippen LogP contribution in [0.3, 0.4) is 0 Å². The van der Waals surface area contributed by atoms with Gasteiger partial charge in [0.2, 0.25) is 0 Å². The molecule has 0 aliphatic heterocycles. The van der Waals surface area contributed by atoms with Crippen LogP contribution in [-0.2, 0) is 6.54 Å². The van der Waals surface area contributed by atoms with Crippen LogP contribution in [0.25, 0.3) is 10.2 Å². The van der Waals surface area contributed by atoms with Crippen LogP contribution >= 0.6 is 11.3 Å². The number of nitriles is 1. The van der Waals surface area contributed by atoms with Gasteiger partial charge in [-0.15, -0.1) is 11.3 Å². The molecule has 23 heavy (non-hydrogen) atoms. The quantitative estimate of drug-likeness (QED) is 0.771. The third-order valence-corrected chi connectivity index (χ3v) is 4.10. The molecule has 1 aromatic carbocycles. The van der Waals surface area contributed by atoms with Gasteiger partial charge in [-0.05, 0) is 35.7 Å². The number of aliphatic hydroxyl groups is 1. The van der Waals surface area contributed by atoms with Crippen molar-refractivity contribution in [1.82, 2.24) is 9.55 Å². The van der Waals surface area contributed by atoms with Crippen LogP contribution in [0.15, 0.2) is 46.8 Å². The zero-order valence-corrected chi connectivity index (χ0v) is 12.9. The van der Waals surface area contributed by atoms with E-state index >= 15 is 0 Å². The average molecular weight is 327 g/mol. The van der Waals surface area contributed by atoms with Crippen molar-refractivity contribution in [3.8, 4) is 11.8 Å². The Morgan fingerprint density at radius 3 is 2.87 bits per heavy atom. The van der Waals surface area contributed by atoms with Gasteiger partial charge in [-0.1, -0.05) is 0 Å². The van der Waals surface area contributed by atoms with E-state index in [1.54, 1.807) is 30.3 Å². The van der Waals surface area contributed by atoms with Crippen molar-refractivity contribution >= 4 is 21.6 Å². The van der Waals surface area contributed by atoms with Crippen LogP contribution in [0, 0.1) is 11.3 Å². The Balaban J connectivity index is 1.64. The van der Waals surface area contributed by atoms with E-state index in [1.165, 1.54) is 22.2 Å². The first kappa shape index (κ1) is 15.2. The van der Waals surface area contributed by atoms with E-state index in [9.17, 15) is 9.90 Å². The van der Waals surface area contributed by atoms with Crippen molar-refractivity contribution in [2.45, 2.75) is 12.6 Å². The minimum atomic E-state index is -0.846. The smallest absolute Gasteiger partial charge is 0.262 e. The molecule has 116 valence electrons. The van der Waals surface area contributed by atoms with Gasteiger partial charge < -0.3 is 9.84 Å². The van der Waals surface area contributed by atoms with Gasteiger partial charge in [0.25, 0.3) is 5.56 Å². The number of nitrogens with zero attached hydrogens (tertiary/aromatic N) is 3. The van der Waals surface area contributed by atoms with Crippen LogP contribution in [0.1, 0.15) is 5.56 Å². The summed E-state index contributed by atoms with van der Waals surface area (Å²) in [6.45, 7) is 0.147. The fraction of sp³-hybridized carbons (Fsp3) is 0.188. The lowest BCUT2D eigenvalue weighted by atomic mass is 10.2. The molecule has 0 aliphatic carbocycles. The molecular weight excluding hydrogens is 314 g/mol. The molecule has 0 saturated carbocycles. The fourth-order valence-electron chi connectivity index (χ4n) is 2.12. The molecule has 3 aromatic rings. The van der Waals surface area contributed by atoms with Crippen LogP contribution in [0.5, 0.6) is 5.75 Å². The van der Waals surface area contributed by atoms with Crippen molar-refractivity contribution in [2.75, 3.05) is 6.61 Å². The lowest BCUT2D eigenvalue weighted by molar-refractivity contribution is 0.0915. The SMILES string of the molecule is N#Cc1ccc(OC[C@@H](O)Cn2cnc3sccc3c2=O)cc1. The number of aromatic nitrogens is 2. The van der Waals surface area contributed by atoms with Crippen molar-refractivity contribution in [3.63, 3.8) is 0 Å². The maximum Gasteiger partial charge on any atom is 0.262 e. The molecule has 7 heteroatoms. The van der Waals surface area contributed by atoms with E-state index in [1.807, 2.05) is 11.4 Å². The average Bonchev–Trinajstić information content (AvgIpc) is 3.05. The standard InChI is InChI=1S/C16H13N3O3S/c17-7-11-1-3-13(4-2-11)22-9-12(20)8-19-10-18-15-14(16(19)21)5-6-23-15/h1-6,10,12,20H,8-9H2/t12-/m0/s1. The Labute approximate surface area is 135 Å². The van der Waals surface area contributed by atoms with Gasteiger partial charge in [-0.2, -0.15) is 5.26 Å². The van der Waals surface area contributed by atoms with Gasteiger partial charge in [0.05, 0.1) is 29.9 Å². The highest BCUT2D eigenvalue weighted by Crippen LogP contribution is 2.14. The summed E-state index contributed by atoms with van der Waals surface area (Å²) in [5.41, 5.74) is 0.369. The van der Waals surface area contributed by atoms with Crippen LogP contribution in [-0.4, -0.2) is 27.4 Å². The molecule has 0 aliphatic rings. The van der Waals surface area contributed by atoms with Gasteiger partial charge in [0.15, 0.2) is 0 Å². The lowest BCUT2D eigenvalue weighted by Crippen LogP contribution is -2.30. The van der Waals surface area contributed by atoms with E-state index in [0.717, 1.165) is 0 Å². The van der Waals surface area contributed by atoms with Gasteiger partial charge in [-0.25, -0.2) is 4.98 Å². The first-order chi connectivity index (χ1) is 11.2. The molecule has 0 saturated heterocycles. The molecule has 2 aromatic heterocycles. The van der Waals surface area contributed by atoms with Gasteiger partial charge in [-0.3, -0.25) is 9.36 Å². The summed E-state index contributed by atoms with van der Waals surface area (Å²) < 4.78 is 6.84. The summed E-state index contributed by atoms with van der Waals surface area (Å²) in [5.74, 6) is 0.557. The Morgan fingerprint density at radius 2 is 2.13 bits per heavy atom. The van der Waals surface area contributed by atoms with E-state index in [4.69, 9.17) is 10.00 Å². The summed E-state index contributed by atoms with van der Waals surface area (Å²) in [5, 5.41) is 21.1. The number of benzene rings is 1. The fourth-order valence-corrected chi connectivity index (χ4v) is 2.84. The highest BCUT2D eigenvalue weighted by molar-refractivity contribution is 7.16. The number of hydrogen-bond donors (Lipinski definition) is 1. The summed E-state index contributed by atoms with van der Waals surface area (Å²) in [6, 6.07) is 10.4. The van der Waals surface area contributed by atoms with E-state index in [-0.39, 0.29) is 18.7 Å². The Morgan fingerprint density at radius 1 is 1.35 bits per heavy atom. The topological polar surface area (TPSA) is 88.1 Å². The lowest BCUT2D eigenvalue weighted by Gasteiger charge is -2.13. The first-order valence-corrected chi connectivity index (χ1v) is 7.79. The second-order valence-corrected chi connectivity index (χ2v) is 5.84. The molecule has 6 nitrogen and oxygen atoms in total. The van der Waals surface area contributed by atoms with E-state index < -0.39 is 6.10 Å². The Hall–Kier alpha value is -2.69. The molecule has 0 bridgehead atoms. The van der Waals surface area contributed by atoms with Gasteiger partial charge >= 0.3 is 0 Å². The predicted octanol–water partition coefficient (Wildman–Crippen LogP) is 1.77. The third kappa shape index (κ3) is 3.39. The highest BCUT2D eigenvalue weighted by Gasteiger charge is 2.10. The minimum Gasteiger partial charge on any atom is -0.491 e. The van der Waals surface area contributed by atoms with E-state index in [2.05, 4.69) is 4.98 Å². The third-order valence-electron chi connectivity index (χ3n) is 3.28. The van der Waals surface area contributed by atoms with Gasteiger partial charge in [0, 0.05) is 0 Å². The molecular formula is C16H13N3O3S. The van der Waals surface area contributed by atoms with Crippen LogP contribution < -0.4 is 10.3 Å². The molecule has 1 atom stereocenters. The van der Waals surface area contributed by atoms with Crippen LogP contribution in [0.2, 0.25) is 0 Å². The monoisotopic (exact) mass is 327 g/mol. The number of aliphatic hydroxyl groups excluding tert-OH is 1. The molecule has 3 rings (SSSR count). The van der Waals surface area contributed by atoms with Crippen LogP contribution in [0.4, 0.5) is 0 Å². The summed E-state index contributed by atoms with van der Waals surface area (Å²) >= 11 is 1.41. The number of rotatable bonds is 5. The molecule has 0 radical (unpaired) electrons. The molecule has 0 unspecified atom stereocenters. The molecule has 1 N–H and O–H groups in total. The van der Waals surface area contributed by atoms with Crippen molar-refractivity contribution in [2.24, 2.45) is 0 Å². The molecule has 2 heterocycles. The summed E-state index contributed by atoms with van der Waals surface area (Å²) in [7, 11) is 0. The molecule has 0 spiro atoms. The molecule has 0 amide bonds. The maximum absolute atomic E-state index is 12.2. The van der Waals surface area contributed by atoms with Crippen molar-refractivity contribution < 1.29 is 9.84 Å². The number of hydrogen-bond acceptors (Lipinski definition) is 6. The van der Waals surface area contributed by atoms with Crippen molar-refractivity contribution in [1.29, 1.82) is 5.26 Å². The zero-order chi connectivity index (χ0) is 16.2. The zero-order valence-electron chi connectivity index (χ0n) is 12.0. The van der Waals surface area contributed by atoms with E-state index in [0.29, 0.717) is 21.5 Å². The summed E-state index contributed by atoms with van der Waals surface area (Å²) in [6.07, 6.45) is 0.591.